The van der Waals surface area contributed by atoms with E-state index in [4.69, 9.17) is 11.6 Å². The molecule has 2 aromatic rings. The summed E-state index contributed by atoms with van der Waals surface area (Å²) in [7, 11) is -3.69. The summed E-state index contributed by atoms with van der Waals surface area (Å²) in [6.45, 7) is 7.60. The molecule has 1 aliphatic heterocycles. The SMILES string of the molecule is CCn1cc(S(=O)(=O)N2CCCC(C(=O)NCc3nn(CC)cc3Cl)C2)c(C)n1. The summed E-state index contributed by atoms with van der Waals surface area (Å²) in [4.78, 5) is 12.9. The average molecular weight is 443 g/mol. The number of carbonyl (C=O) groups is 1. The molecule has 160 valence electrons. The third-order valence-electron chi connectivity index (χ3n) is 5.14. The van der Waals surface area contributed by atoms with Crippen molar-refractivity contribution in [3.63, 3.8) is 0 Å². The highest BCUT2D eigenvalue weighted by Crippen LogP contribution is 2.25. The van der Waals surface area contributed by atoms with Gasteiger partial charge in [-0.05, 0) is 33.6 Å². The molecule has 0 bridgehead atoms. The van der Waals surface area contributed by atoms with Gasteiger partial charge in [0.2, 0.25) is 15.9 Å². The highest BCUT2D eigenvalue weighted by atomic mass is 35.5. The summed E-state index contributed by atoms with van der Waals surface area (Å²) in [6.07, 6.45) is 4.54. The van der Waals surface area contributed by atoms with Gasteiger partial charge >= 0.3 is 0 Å². The monoisotopic (exact) mass is 442 g/mol. The molecule has 0 aromatic carbocycles. The smallest absolute Gasteiger partial charge is 0.246 e. The topological polar surface area (TPSA) is 102 Å². The maximum Gasteiger partial charge on any atom is 0.246 e. The summed E-state index contributed by atoms with van der Waals surface area (Å²) >= 11 is 6.14. The zero-order valence-corrected chi connectivity index (χ0v) is 18.5. The van der Waals surface area contributed by atoms with Crippen molar-refractivity contribution >= 4 is 27.5 Å². The zero-order valence-electron chi connectivity index (χ0n) is 16.9. The van der Waals surface area contributed by atoms with Crippen LogP contribution in [0.25, 0.3) is 0 Å². The van der Waals surface area contributed by atoms with Gasteiger partial charge in [0.25, 0.3) is 0 Å². The first-order valence-corrected chi connectivity index (χ1v) is 11.6. The van der Waals surface area contributed by atoms with Crippen molar-refractivity contribution in [3.05, 3.63) is 28.8 Å². The van der Waals surface area contributed by atoms with Crippen LogP contribution in [0.5, 0.6) is 0 Å². The molecule has 0 radical (unpaired) electrons. The molecule has 3 rings (SSSR count). The van der Waals surface area contributed by atoms with Crippen LogP contribution in [0.1, 0.15) is 38.1 Å². The zero-order chi connectivity index (χ0) is 21.2. The summed E-state index contributed by atoms with van der Waals surface area (Å²) in [5.41, 5.74) is 1.07. The second-order valence-corrected chi connectivity index (χ2v) is 9.45. The van der Waals surface area contributed by atoms with E-state index in [1.54, 1.807) is 28.7 Å². The minimum absolute atomic E-state index is 0.155. The van der Waals surface area contributed by atoms with Crippen LogP contribution in [0.2, 0.25) is 5.02 Å². The number of halogens is 1. The van der Waals surface area contributed by atoms with Crippen molar-refractivity contribution in [1.29, 1.82) is 0 Å². The third kappa shape index (κ3) is 4.65. The Morgan fingerprint density at radius 3 is 2.55 bits per heavy atom. The molecule has 0 spiro atoms. The van der Waals surface area contributed by atoms with Crippen LogP contribution in [0.15, 0.2) is 17.3 Å². The third-order valence-corrected chi connectivity index (χ3v) is 7.42. The van der Waals surface area contributed by atoms with Gasteiger partial charge in [-0.1, -0.05) is 11.6 Å². The number of aryl methyl sites for hydroxylation is 3. The molecule has 29 heavy (non-hydrogen) atoms. The lowest BCUT2D eigenvalue weighted by Gasteiger charge is -2.31. The highest BCUT2D eigenvalue weighted by Gasteiger charge is 2.35. The van der Waals surface area contributed by atoms with Crippen LogP contribution < -0.4 is 5.32 Å². The molecular weight excluding hydrogens is 416 g/mol. The fraction of sp³-hybridized carbons (Fsp3) is 0.611. The molecule has 11 heteroatoms. The predicted octanol–water partition coefficient (Wildman–Crippen LogP) is 1.80. The predicted molar refractivity (Wildman–Crippen MR) is 109 cm³/mol. The van der Waals surface area contributed by atoms with E-state index in [-0.39, 0.29) is 23.9 Å². The molecule has 1 atom stereocenters. The summed E-state index contributed by atoms with van der Waals surface area (Å²) in [5, 5.41) is 11.9. The van der Waals surface area contributed by atoms with E-state index in [0.717, 1.165) is 0 Å². The Morgan fingerprint density at radius 1 is 1.24 bits per heavy atom. The minimum atomic E-state index is -3.69. The first kappa shape index (κ1) is 21.8. The maximum atomic E-state index is 13.1. The Bertz CT molecular complexity index is 984. The molecule has 1 fully saturated rings. The molecule has 0 aliphatic carbocycles. The first-order valence-electron chi connectivity index (χ1n) is 9.80. The molecule has 9 nitrogen and oxygen atoms in total. The maximum absolute atomic E-state index is 13.1. The van der Waals surface area contributed by atoms with Crippen LogP contribution in [-0.4, -0.2) is 51.3 Å². The number of carbonyl (C=O) groups excluding carboxylic acids is 1. The standard InChI is InChI=1S/C18H27ClN6O3S/c1-4-23-11-15(19)16(22-23)9-20-18(26)14-7-6-8-25(10-14)29(27,28)17-12-24(5-2)21-13(17)3/h11-12,14H,4-10H2,1-3H3,(H,20,26). The van der Waals surface area contributed by atoms with Gasteiger partial charge in [-0.25, -0.2) is 8.42 Å². The van der Waals surface area contributed by atoms with Crippen molar-refractivity contribution in [2.45, 2.75) is 58.1 Å². The van der Waals surface area contributed by atoms with Gasteiger partial charge in [-0.15, -0.1) is 0 Å². The number of hydrogen-bond acceptors (Lipinski definition) is 5. The second-order valence-electron chi connectivity index (χ2n) is 7.13. The van der Waals surface area contributed by atoms with E-state index < -0.39 is 15.9 Å². The second kappa shape index (κ2) is 8.85. The minimum Gasteiger partial charge on any atom is -0.350 e. The molecule has 3 heterocycles. The van der Waals surface area contributed by atoms with Crippen molar-refractivity contribution in [1.82, 2.24) is 29.2 Å². The lowest BCUT2D eigenvalue weighted by molar-refractivity contribution is -0.126. The lowest BCUT2D eigenvalue weighted by atomic mass is 9.99. The highest BCUT2D eigenvalue weighted by molar-refractivity contribution is 7.89. The quantitative estimate of drug-likeness (QED) is 0.704. The normalized spacial score (nSPS) is 18.1. The van der Waals surface area contributed by atoms with Crippen LogP contribution in [0.3, 0.4) is 0 Å². The van der Waals surface area contributed by atoms with Gasteiger partial charge in [-0.3, -0.25) is 14.2 Å². The van der Waals surface area contributed by atoms with Gasteiger partial charge in [0, 0.05) is 38.6 Å². The Labute approximate surface area is 176 Å². The van der Waals surface area contributed by atoms with Crippen LogP contribution >= 0.6 is 11.6 Å². The summed E-state index contributed by atoms with van der Waals surface area (Å²) in [5.74, 6) is -0.597. The van der Waals surface area contributed by atoms with Gasteiger partial charge in [0.15, 0.2) is 0 Å². The number of rotatable bonds is 7. The van der Waals surface area contributed by atoms with Gasteiger partial charge in [0.05, 0.1) is 23.2 Å². The lowest BCUT2D eigenvalue weighted by Crippen LogP contribution is -2.45. The Hall–Kier alpha value is -1.91. The molecule has 1 aliphatic rings. The van der Waals surface area contributed by atoms with E-state index in [1.165, 1.54) is 4.31 Å². The fourth-order valence-electron chi connectivity index (χ4n) is 3.46. The van der Waals surface area contributed by atoms with E-state index in [9.17, 15) is 13.2 Å². The van der Waals surface area contributed by atoms with Crippen molar-refractivity contribution in [3.8, 4) is 0 Å². The van der Waals surface area contributed by atoms with Crippen LogP contribution in [0.4, 0.5) is 0 Å². The number of nitrogens with one attached hydrogen (secondary N) is 1. The number of amides is 1. The van der Waals surface area contributed by atoms with Crippen LogP contribution in [-0.2, 0) is 34.5 Å². The van der Waals surface area contributed by atoms with Gasteiger partial charge < -0.3 is 5.32 Å². The molecule has 1 saturated heterocycles. The molecule has 1 amide bonds. The number of aromatic nitrogens is 4. The van der Waals surface area contributed by atoms with E-state index in [0.29, 0.717) is 48.9 Å². The average Bonchev–Trinajstić information content (AvgIpc) is 3.28. The first-order chi connectivity index (χ1) is 13.8. The van der Waals surface area contributed by atoms with Crippen molar-refractivity contribution in [2.24, 2.45) is 5.92 Å². The molecular formula is C18H27ClN6O3S. The summed E-state index contributed by atoms with van der Waals surface area (Å²) < 4.78 is 30.9. The number of hydrogen-bond donors (Lipinski definition) is 1. The Kier molecular flexibility index (Phi) is 6.65. The van der Waals surface area contributed by atoms with Gasteiger partial charge in [-0.2, -0.15) is 14.5 Å². The number of piperidine rings is 1. The number of sulfonamides is 1. The fourth-order valence-corrected chi connectivity index (χ4v) is 5.37. The molecule has 1 unspecified atom stereocenters. The van der Waals surface area contributed by atoms with E-state index >= 15 is 0 Å². The van der Waals surface area contributed by atoms with Crippen molar-refractivity contribution < 1.29 is 13.2 Å². The number of nitrogens with zero attached hydrogens (tertiary/aromatic N) is 5. The Morgan fingerprint density at radius 2 is 1.93 bits per heavy atom. The van der Waals surface area contributed by atoms with Gasteiger partial charge in [0.1, 0.15) is 10.6 Å². The van der Waals surface area contributed by atoms with Crippen molar-refractivity contribution in [2.75, 3.05) is 13.1 Å². The molecule has 2 aromatic heterocycles. The van der Waals surface area contributed by atoms with E-state index in [1.807, 2.05) is 13.8 Å². The largest absolute Gasteiger partial charge is 0.350 e. The Balaban J connectivity index is 1.67. The summed E-state index contributed by atoms with van der Waals surface area (Å²) in [6, 6.07) is 0. The van der Waals surface area contributed by atoms with E-state index in [2.05, 4.69) is 15.5 Å². The molecule has 1 N–H and O–H groups in total. The molecule has 0 saturated carbocycles. The van der Waals surface area contributed by atoms with Crippen LogP contribution in [0, 0.1) is 12.8 Å².